The summed E-state index contributed by atoms with van der Waals surface area (Å²) in [6, 6.07) is 12.6. The lowest BCUT2D eigenvalue weighted by Crippen LogP contribution is -2.49. The molecule has 0 saturated carbocycles. The number of rotatable bonds is 6. The quantitative estimate of drug-likeness (QED) is 0.644. The summed E-state index contributed by atoms with van der Waals surface area (Å²) in [7, 11) is 0. The Kier molecular flexibility index (Phi) is 6.27. The molecule has 1 fully saturated rings. The molecular weight excluding hydrogens is 407 g/mol. The van der Waals surface area contributed by atoms with E-state index in [1.165, 1.54) is 12.1 Å². The molecule has 1 N–H and O–H groups in total. The van der Waals surface area contributed by atoms with Crippen molar-refractivity contribution >= 4 is 11.6 Å². The Morgan fingerprint density at radius 2 is 1.68 bits per heavy atom. The standard InChI is InChI=1S/C23H22F3N3O2/c24-16-3-6-18(7-4-16)28-9-11-29(12-10-28)21(22-2-1-13-31-22)15-27-23(30)19-8-5-17(25)14-20(19)26/h1-8,13-14,21H,9-12,15H2,(H,27,30). The fourth-order valence-corrected chi connectivity index (χ4v) is 3.79. The first-order valence-corrected chi connectivity index (χ1v) is 10.0. The van der Waals surface area contributed by atoms with Gasteiger partial charge in [-0.2, -0.15) is 0 Å². The first-order chi connectivity index (χ1) is 15.0. The molecule has 1 aromatic heterocycles. The van der Waals surface area contributed by atoms with Gasteiger partial charge in [-0.3, -0.25) is 9.69 Å². The third kappa shape index (κ3) is 4.91. The summed E-state index contributed by atoms with van der Waals surface area (Å²) >= 11 is 0. The summed E-state index contributed by atoms with van der Waals surface area (Å²) < 4.78 is 45.8. The Balaban J connectivity index is 1.42. The minimum Gasteiger partial charge on any atom is -0.468 e. The van der Waals surface area contributed by atoms with Gasteiger partial charge in [0.05, 0.1) is 17.9 Å². The van der Waals surface area contributed by atoms with Gasteiger partial charge < -0.3 is 14.6 Å². The van der Waals surface area contributed by atoms with Crippen LogP contribution in [0.1, 0.15) is 22.2 Å². The van der Waals surface area contributed by atoms with Crippen LogP contribution >= 0.6 is 0 Å². The van der Waals surface area contributed by atoms with Gasteiger partial charge in [-0.15, -0.1) is 0 Å². The number of amides is 1. The second-order valence-corrected chi connectivity index (χ2v) is 7.36. The van der Waals surface area contributed by atoms with Crippen LogP contribution < -0.4 is 10.2 Å². The van der Waals surface area contributed by atoms with Crippen LogP contribution in [-0.2, 0) is 0 Å². The lowest BCUT2D eigenvalue weighted by Gasteiger charge is -2.39. The fraction of sp³-hybridized carbons (Fsp3) is 0.261. The molecule has 8 heteroatoms. The van der Waals surface area contributed by atoms with Crippen LogP contribution in [0.4, 0.5) is 18.9 Å². The van der Waals surface area contributed by atoms with E-state index in [2.05, 4.69) is 15.1 Å². The number of benzene rings is 2. The third-order valence-electron chi connectivity index (χ3n) is 5.45. The van der Waals surface area contributed by atoms with E-state index >= 15 is 0 Å². The molecule has 0 aliphatic carbocycles. The van der Waals surface area contributed by atoms with Crippen LogP contribution in [0.15, 0.2) is 65.3 Å². The average molecular weight is 429 g/mol. The summed E-state index contributed by atoms with van der Waals surface area (Å²) in [5, 5.41) is 2.74. The number of furan rings is 1. The van der Waals surface area contributed by atoms with Crippen molar-refractivity contribution in [2.75, 3.05) is 37.6 Å². The fourth-order valence-electron chi connectivity index (χ4n) is 3.79. The van der Waals surface area contributed by atoms with E-state index in [9.17, 15) is 18.0 Å². The number of hydrogen-bond donors (Lipinski definition) is 1. The molecule has 1 unspecified atom stereocenters. The Hall–Kier alpha value is -3.26. The smallest absolute Gasteiger partial charge is 0.254 e. The van der Waals surface area contributed by atoms with Crippen molar-refractivity contribution in [2.24, 2.45) is 0 Å². The first kappa shape index (κ1) is 21.0. The van der Waals surface area contributed by atoms with E-state index in [-0.39, 0.29) is 24.0 Å². The Labute approximate surface area is 178 Å². The lowest BCUT2D eigenvalue weighted by molar-refractivity contribution is 0.0918. The highest BCUT2D eigenvalue weighted by Crippen LogP contribution is 2.25. The van der Waals surface area contributed by atoms with Crippen molar-refractivity contribution in [1.82, 2.24) is 10.2 Å². The number of piperazine rings is 1. The Bertz CT molecular complexity index is 1020. The number of carbonyl (C=O) groups is 1. The van der Waals surface area contributed by atoms with Gasteiger partial charge >= 0.3 is 0 Å². The zero-order valence-electron chi connectivity index (χ0n) is 16.7. The minimum absolute atomic E-state index is 0.208. The molecule has 1 saturated heterocycles. The number of anilines is 1. The van der Waals surface area contributed by atoms with Crippen LogP contribution in [0.5, 0.6) is 0 Å². The second kappa shape index (κ2) is 9.26. The lowest BCUT2D eigenvalue weighted by atomic mass is 10.1. The average Bonchev–Trinajstić information content (AvgIpc) is 3.29. The van der Waals surface area contributed by atoms with Crippen molar-refractivity contribution in [2.45, 2.75) is 6.04 Å². The largest absolute Gasteiger partial charge is 0.468 e. The minimum atomic E-state index is -0.903. The normalized spacial score (nSPS) is 15.6. The van der Waals surface area contributed by atoms with Crippen LogP contribution in [-0.4, -0.2) is 43.5 Å². The SMILES string of the molecule is O=C(NCC(c1ccco1)N1CCN(c2ccc(F)cc2)CC1)c1ccc(F)cc1F. The van der Waals surface area contributed by atoms with Crippen molar-refractivity contribution in [3.05, 3.63) is 89.6 Å². The summed E-state index contributed by atoms with van der Waals surface area (Å²) in [5.41, 5.74) is 0.747. The van der Waals surface area contributed by atoms with Gasteiger partial charge in [0.1, 0.15) is 23.2 Å². The number of nitrogens with one attached hydrogen (secondary N) is 1. The summed E-state index contributed by atoms with van der Waals surface area (Å²) in [6.07, 6.45) is 1.57. The number of hydrogen-bond acceptors (Lipinski definition) is 4. The molecule has 162 valence electrons. The topological polar surface area (TPSA) is 48.7 Å². The van der Waals surface area contributed by atoms with Gasteiger partial charge in [0.2, 0.25) is 0 Å². The molecule has 1 aliphatic heterocycles. The highest BCUT2D eigenvalue weighted by molar-refractivity contribution is 5.94. The summed E-state index contributed by atoms with van der Waals surface area (Å²) in [4.78, 5) is 16.8. The maximum atomic E-state index is 13.9. The molecule has 1 aliphatic rings. The van der Waals surface area contributed by atoms with Crippen LogP contribution in [0.2, 0.25) is 0 Å². The molecular formula is C23H22F3N3O2. The first-order valence-electron chi connectivity index (χ1n) is 10.0. The third-order valence-corrected chi connectivity index (χ3v) is 5.45. The highest BCUT2D eigenvalue weighted by atomic mass is 19.1. The van der Waals surface area contributed by atoms with Gasteiger partial charge in [-0.05, 0) is 48.5 Å². The second-order valence-electron chi connectivity index (χ2n) is 7.36. The van der Waals surface area contributed by atoms with E-state index in [0.29, 0.717) is 24.9 Å². The molecule has 2 aromatic carbocycles. The number of halogens is 3. The Morgan fingerprint density at radius 1 is 0.968 bits per heavy atom. The van der Waals surface area contributed by atoms with Gasteiger partial charge in [0.25, 0.3) is 5.91 Å². The van der Waals surface area contributed by atoms with Crippen molar-refractivity contribution in [3.8, 4) is 0 Å². The Morgan fingerprint density at radius 3 is 2.32 bits per heavy atom. The summed E-state index contributed by atoms with van der Waals surface area (Å²) in [6.45, 7) is 3.06. The van der Waals surface area contributed by atoms with Gasteiger partial charge in [-0.1, -0.05) is 0 Å². The molecule has 0 radical (unpaired) electrons. The molecule has 1 amide bonds. The van der Waals surface area contributed by atoms with Gasteiger partial charge in [0, 0.05) is 44.5 Å². The van der Waals surface area contributed by atoms with Crippen LogP contribution in [0.25, 0.3) is 0 Å². The van der Waals surface area contributed by atoms with Crippen molar-refractivity contribution in [1.29, 1.82) is 0 Å². The molecule has 0 bridgehead atoms. The van der Waals surface area contributed by atoms with Gasteiger partial charge in [0.15, 0.2) is 0 Å². The predicted molar refractivity (Wildman–Crippen MR) is 110 cm³/mol. The van der Waals surface area contributed by atoms with E-state index in [4.69, 9.17) is 4.42 Å². The molecule has 4 rings (SSSR count). The van der Waals surface area contributed by atoms with Crippen molar-refractivity contribution < 1.29 is 22.4 Å². The molecule has 3 aromatic rings. The van der Waals surface area contributed by atoms with Crippen LogP contribution in [0.3, 0.4) is 0 Å². The van der Waals surface area contributed by atoms with Gasteiger partial charge in [-0.25, -0.2) is 13.2 Å². The van der Waals surface area contributed by atoms with E-state index < -0.39 is 17.5 Å². The van der Waals surface area contributed by atoms with E-state index in [0.717, 1.165) is 30.9 Å². The van der Waals surface area contributed by atoms with Crippen LogP contribution in [0, 0.1) is 17.5 Å². The number of carbonyl (C=O) groups excluding carboxylic acids is 1. The van der Waals surface area contributed by atoms with Crippen molar-refractivity contribution in [3.63, 3.8) is 0 Å². The predicted octanol–water partition coefficient (Wildman–Crippen LogP) is 3.99. The zero-order valence-corrected chi connectivity index (χ0v) is 16.7. The van der Waals surface area contributed by atoms with E-state index in [1.807, 2.05) is 6.07 Å². The molecule has 0 spiro atoms. The monoisotopic (exact) mass is 429 g/mol. The van der Waals surface area contributed by atoms with E-state index in [1.54, 1.807) is 24.5 Å². The molecule has 31 heavy (non-hydrogen) atoms. The maximum absolute atomic E-state index is 13.9. The zero-order chi connectivity index (χ0) is 21.8. The summed E-state index contributed by atoms with van der Waals surface area (Å²) in [5.74, 6) is -1.83. The molecule has 2 heterocycles. The highest BCUT2D eigenvalue weighted by Gasteiger charge is 2.28. The maximum Gasteiger partial charge on any atom is 0.254 e. The number of nitrogens with zero attached hydrogens (tertiary/aromatic N) is 2. The molecule has 1 atom stereocenters. The molecule has 5 nitrogen and oxygen atoms in total.